The maximum absolute atomic E-state index is 13.1. The van der Waals surface area contributed by atoms with Crippen molar-refractivity contribution in [3.63, 3.8) is 0 Å². The molecule has 4 nitrogen and oxygen atoms in total. The second kappa shape index (κ2) is 5.39. The van der Waals surface area contributed by atoms with E-state index in [1.165, 1.54) is 6.20 Å². The van der Waals surface area contributed by atoms with Gasteiger partial charge in [0, 0.05) is 6.20 Å². The van der Waals surface area contributed by atoms with Crippen molar-refractivity contribution in [1.29, 1.82) is 0 Å². The van der Waals surface area contributed by atoms with Crippen molar-refractivity contribution in [2.75, 3.05) is 0 Å². The van der Waals surface area contributed by atoms with Gasteiger partial charge in [-0.15, -0.1) is 0 Å². The Morgan fingerprint density at radius 3 is 2.57 bits per heavy atom. The summed E-state index contributed by atoms with van der Waals surface area (Å²) in [6.45, 7) is 0. The molecule has 8 heteroatoms. The molecular formula is C13H7F4NO3. The normalized spacial score (nSPS) is 11.2. The summed E-state index contributed by atoms with van der Waals surface area (Å²) in [5.74, 6) is -3.37. The Bertz CT molecular complexity index is 685. The first kappa shape index (κ1) is 14.8. The molecule has 110 valence electrons. The van der Waals surface area contributed by atoms with E-state index in [9.17, 15) is 22.4 Å². The first-order valence-corrected chi connectivity index (χ1v) is 5.51. The Kier molecular flexibility index (Phi) is 3.79. The van der Waals surface area contributed by atoms with E-state index in [1.807, 2.05) is 0 Å². The van der Waals surface area contributed by atoms with Gasteiger partial charge in [-0.2, -0.15) is 13.2 Å². The molecule has 21 heavy (non-hydrogen) atoms. The highest BCUT2D eigenvalue weighted by Crippen LogP contribution is 2.35. The maximum Gasteiger partial charge on any atom is 0.419 e. The first-order valence-electron chi connectivity index (χ1n) is 5.51. The lowest BCUT2D eigenvalue weighted by Crippen LogP contribution is -2.08. The molecule has 0 saturated heterocycles. The molecule has 0 unspecified atom stereocenters. The van der Waals surface area contributed by atoms with Gasteiger partial charge in [0.05, 0.1) is 11.8 Å². The molecule has 1 heterocycles. The summed E-state index contributed by atoms with van der Waals surface area (Å²) in [6.07, 6.45) is -2.64. The van der Waals surface area contributed by atoms with Gasteiger partial charge in [0.2, 0.25) is 0 Å². The minimum absolute atomic E-state index is 0.246. The summed E-state index contributed by atoms with van der Waals surface area (Å²) < 4.78 is 55.9. The van der Waals surface area contributed by atoms with Crippen molar-refractivity contribution in [2.24, 2.45) is 0 Å². The number of carboxylic acids is 1. The lowest BCUT2D eigenvalue weighted by molar-refractivity contribution is -0.140. The van der Waals surface area contributed by atoms with E-state index in [0.29, 0.717) is 12.1 Å². The largest absolute Gasteiger partial charge is 0.478 e. The number of aromatic nitrogens is 1. The van der Waals surface area contributed by atoms with Crippen molar-refractivity contribution < 1.29 is 32.2 Å². The minimum Gasteiger partial charge on any atom is -0.478 e. The average Bonchev–Trinajstić information content (AvgIpc) is 2.40. The number of halogens is 4. The monoisotopic (exact) mass is 301 g/mol. The van der Waals surface area contributed by atoms with Gasteiger partial charge in [0.1, 0.15) is 17.1 Å². The predicted molar refractivity (Wildman–Crippen MR) is 62.7 cm³/mol. The lowest BCUT2D eigenvalue weighted by atomic mass is 10.2. The summed E-state index contributed by atoms with van der Waals surface area (Å²) in [6, 6.07) is 3.14. The third-order valence-electron chi connectivity index (χ3n) is 2.49. The van der Waals surface area contributed by atoms with Crippen molar-refractivity contribution in [3.05, 3.63) is 53.6 Å². The second-order valence-electron chi connectivity index (χ2n) is 3.92. The number of nitrogens with zero attached hydrogens (tertiary/aromatic N) is 1. The molecule has 0 spiro atoms. The molecule has 0 aliphatic rings. The van der Waals surface area contributed by atoms with Crippen LogP contribution in [0.3, 0.4) is 0 Å². The zero-order valence-electron chi connectivity index (χ0n) is 10.2. The van der Waals surface area contributed by atoms with Gasteiger partial charge in [0.15, 0.2) is 5.75 Å². The lowest BCUT2D eigenvalue weighted by Gasteiger charge is -2.12. The molecule has 0 aliphatic heterocycles. The van der Waals surface area contributed by atoms with Crippen LogP contribution in [0.4, 0.5) is 17.6 Å². The summed E-state index contributed by atoms with van der Waals surface area (Å²) >= 11 is 0. The fourth-order valence-corrected chi connectivity index (χ4v) is 1.55. The zero-order valence-corrected chi connectivity index (χ0v) is 10.2. The van der Waals surface area contributed by atoms with Crippen LogP contribution < -0.4 is 4.74 Å². The molecule has 1 aromatic carbocycles. The van der Waals surface area contributed by atoms with Crippen LogP contribution in [0.1, 0.15) is 15.9 Å². The van der Waals surface area contributed by atoms with Crippen LogP contribution in [-0.4, -0.2) is 16.1 Å². The van der Waals surface area contributed by atoms with Crippen LogP contribution in [0.25, 0.3) is 0 Å². The van der Waals surface area contributed by atoms with Crippen LogP contribution in [0.5, 0.6) is 11.5 Å². The van der Waals surface area contributed by atoms with E-state index in [2.05, 4.69) is 4.98 Å². The predicted octanol–water partition coefficient (Wildman–Crippen LogP) is 3.73. The minimum atomic E-state index is -4.88. The van der Waals surface area contributed by atoms with E-state index in [-0.39, 0.29) is 17.1 Å². The summed E-state index contributed by atoms with van der Waals surface area (Å²) in [4.78, 5) is 14.6. The quantitative estimate of drug-likeness (QED) is 0.878. The van der Waals surface area contributed by atoms with Crippen LogP contribution in [0.15, 0.2) is 36.7 Å². The number of benzene rings is 1. The molecule has 2 aromatic rings. The molecule has 0 aliphatic carbocycles. The third-order valence-corrected chi connectivity index (χ3v) is 2.49. The van der Waals surface area contributed by atoms with Crippen molar-refractivity contribution in [1.82, 2.24) is 4.98 Å². The standard InChI is InChI=1S/C13H7F4NO3/c14-10-2-1-7(5-9(10)13(15,16)17)21-11-6-18-4-3-8(11)12(19)20/h1-6H,(H,19,20). The SMILES string of the molecule is O=C(O)c1ccncc1Oc1ccc(F)c(C(F)(F)F)c1. The molecule has 0 amide bonds. The molecule has 0 bridgehead atoms. The van der Waals surface area contributed by atoms with Crippen LogP contribution in [0.2, 0.25) is 0 Å². The molecular weight excluding hydrogens is 294 g/mol. The molecule has 0 atom stereocenters. The Morgan fingerprint density at radius 1 is 1.24 bits per heavy atom. The fourth-order valence-electron chi connectivity index (χ4n) is 1.55. The topological polar surface area (TPSA) is 59.4 Å². The summed E-state index contributed by atoms with van der Waals surface area (Å²) in [7, 11) is 0. The van der Waals surface area contributed by atoms with Gasteiger partial charge in [-0.05, 0) is 24.3 Å². The van der Waals surface area contributed by atoms with Gasteiger partial charge in [-0.1, -0.05) is 0 Å². The molecule has 1 aromatic heterocycles. The van der Waals surface area contributed by atoms with Gasteiger partial charge in [-0.25, -0.2) is 9.18 Å². The van der Waals surface area contributed by atoms with E-state index in [1.54, 1.807) is 0 Å². The van der Waals surface area contributed by atoms with Gasteiger partial charge in [-0.3, -0.25) is 4.98 Å². The highest BCUT2D eigenvalue weighted by Gasteiger charge is 2.34. The number of hydrogen-bond donors (Lipinski definition) is 1. The average molecular weight is 301 g/mol. The number of alkyl halides is 3. The van der Waals surface area contributed by atoms with Crippen molar-refractivity contribution in [2.45, 2.75) is 6.18 Å². The molecule has 0 fully saturated rings. The van der Waals surface area contributed by atoms with E-state index in [0.717, 1.165) is 18.3 Å². The highest BCUT2D eigenvalue weighted by molar-refractivity contribution is 5.90. The van der Waals surface area contributed by atoms with E-state index in [4.69, 9.17) is 9.84 Å². The zero-order chi connectivity index (χ0) is 15.6. The fraction of sp³-hybridized carbons (Fsp3) is 0.0769. The van der Waals surface area contributed by atoms with Crippen molar-refractivity contribution in [3.8, 4) is 11.5 Å². The Hall–Kier alpha value is -2.64. The van der Waals surface area contributed by atoms with Gasteiger partial charge >= 0.3 is 12.1 Å². The number of hydrogen-bond acceptors (Lipinski definition) is 3. The molecule has 0 radical (unpaired) electrons. The summed E-state index contributed by atoms with van der Waals surface area (Å²) in [5, 5.41) is 8.92. The Labute approximate surface area is 115 Å². The van der Waals surface area contributed by atoms with E-state index >= 15 is 0 Å². The van der Waals surface area contributed by atoms with Crippen LogP contribution in [0, 0.1) is 5.82 Å². The molecule has 2 rings (SSSR count). The highest BCUT2D eigenvalue weighted by atomic mass is 19.4. The van der Waals surface area contributed by atoms with Gasteiger partial charge < -0.3 is 9.84 Å². The maximum atomic E-state index is 13.1. The molecule has 1 N–H and O–H groups in total. The number of rotatable bonds is 3. The first-order chi connectivity index (χ1) is 9.79. The number of carboxylic acid groups (broad SMARTS) is 1. The number of carbonyl (C=O) groups is 1. The Morgan fingerprint density at radius 2 is 1.95 bits per heavy atom. The van der Waals surface area contributed by atoms with Gasteiger partial charge in [0.25, 0.3) is 0 Å². The molecule has 0 saturated carbocycles. The second-order valence-corrected chi connectivity index (χ2v) is 3.92. The number of ether oxygens (including phenoxy) is 1. The number of pyridine rings is 1. The van der Waals surface area contributed by atoms with E-state index < -0.39 is 23.5 Å². The summed E-state index contributed by atoms with van der Waals surface area (Å²) in [5.41, 5.74) is -1.77. The Balaban J connectivity index is 2.40. The van der Waals surface area contributed by atoms with Crippen LogP contribution in [-0.2, 0) is 6.18 Å². The smallest absolute Gasteiger partial charge is 0.419 e. The van der Waals surface area contributed by atoms with Crippen molar-refractivity contribution >= 4 is 5.97 Å². The number of aromatic carboxylic acids is 1. The van der Waals surface area contributed by atoms with Crippen LogP contribution >= 0.6 is 0 Å². The third kappa shape index (κ3) is 3.28.